The van der Waals surface area contributed by atoms with Crippen LogP contribution in [0.2, 0.25) is 0 Å². The number of ether oxygens (including phenoxy) is 6. The Morgan fingerprint density at radius 1 is 0.759 bits per heavy atom. The van der Waals surface area contributed by atoms with E-state index in [2.05, 4.69) is 0 Å². The van der Waals surface area contributed by atoms with Gasteiger partial charge in [0.2, 0.25) is 0 Å². The summed E-state index contributed by atoms with van der Waals surface area (Å²) in [5.41, 5.74) is 0. The average molecular weight is 420 g/mol. The Morgan fingerprint density at radius 3 is 1.69 bits per heavy atom. The van der Waals surface area contributed by atoms with E-state index in [0.29, 0.717) is 0 Å². The molecule has 0 aromatic heterocycles. The number of aliphatic hydroxyl groups is 1. The summed E-state index contributed by atoms with van der Waals surface area (Å²) in [5, 5.41) is 10.3. The smallest absolute Gasteiger partial charge is 0.303 e. The van der Waals surface area contributed by atoms with Gasteiger partial charge < -0.3 is 33.5 Å². The Balaban J connectivity index is 3.34. The highest BCUT2D eigenvalue weighted by atomic mass is 16.7. The minimum Gasteiger partial charge on any atom is -0.462 e. The fourth-order valence-electron chi connectivity index (χ4n) is 2.73. The Labute approximate surface area is 166 Å². The third kappa shape index (κ3) is 7.66. The lowest BCUT2D eigenvalue weighted by molar-refractivity contribution is -0.306. The molecule has 1 fully saturated rings. The monoisotopic (exact) mass is 420 g/mol. The standard InChI is InChI=1S/C17H24O12/c1-7(18)24-6-12(25-8(2)19)13-14(26-9(3)20)15(27-10(4)21)16(17(23)29-13)28-11(5)22/h12-17,23H,6H2,1-5H3/t12-,13+,14+,15+,16+,17-/m1/s1. The number of rotatable bonds is 7. The normalized spacial score (nSPS) is 27.2. The zero-order chi connectivity index (χ0) is 22.3. The molecule has 1 aliphatic heterocycles. The number of hydrogen-bond acceptors (Lipinski definition) is 12. The van der Waals surface area contributed by atoms with Crippen LogP contribution in [-0.4, -0.2) is 78.4 Å². The second-order valence-electron chi connectivity index (χ2n) is 6.16. The van der Waals surface area contributed by atoms with E-state index in [1.165, 1.54) is 0 Å². The zero-order valence-corrected chi connectivity index (χ0v) is 16.6. The van der Waals surface area contributed by atoms with E-state index >= 15 is 0 Å². The van der Waals surface area contributed by atoms with E-state index in [1.54, 1.807) is 0 Å². The Morgan fingerprint density at radius 2 is 1.24 bits per heavy atom. The minimum atomic E-state index is -1.84. The molecule has 0 unspecified atom stereocenters. The van der Waals surface area contributed by atoms with E-state index in [0.717, 1.165) is 34.6 Å². The summed E-state index contributed by atoms with van der Waals surface area (Å²) in [6.45, 7) is 4.84. The molecular formula is C17H24O12. The molecule has 1 aliphatic rings. The van der Waals surface area contributed by atoms with Crippen LogP contribution in [-0.2, 0) is 52.4 Å². The first-order valence-electron chi connectivity index (χ1n) is 8.58. The maximum Gasteiger partial charge on any atom is 0.303 e. The molecular weight excluding hydrogens is 396 g/mol. The van der Waals surface area contributed by atoms with Crippen molar-refractivity contribution < 1.29 is 57.5 Å². The second kappa shape index (κ2) is 10.7. The molecule has 0 radical (unpaired) electrons. The SMILES string of the molecule is CC(=O)OC[C@@H](OC(C)=O)[C@@H]1O[C@@H](O)[C@@H](OC(C)=O)[C@@H](OC(C)=O)[C@H]1OC(C)=O. The predicted molar refractivity (Wildman–Crippen MR) is 89.7 cm³/mol. The molecule has 12 heteroatoms. The molecule has 29 heavy (non-hydrogen) atoms. The first kappa shape index (κ1) is 24.3. The molecule has 0 bridgehead atoms. The summed E-state index contributed by atoms with van der Waals surface area (Å²) in [6, 6.07) is 0. The molecule has 1 saturated heterocycles. The topological polar surface area (TPSA) is 161 Å². The van der Waals surface area contributed by atoms with Crippen molar-refractivity contribution in [1.29, 1.82) is 0 Å². The molecule has 0 aliphatic carbocycles. The van der Waals surface area contributed by atoms with Gasteiger partial charge in [-0.1, -0.05) is 0 Å². The molecule has 0 aromatic rings. The van der Waals surface area contributed by atoms with Crippen LogP contribution in [0.1, 0.15) is 34.6 Å². The third-order valence-electron chi connectivity index (χ3n) is 3.59. The molecule has 0 saturated carbocycles. The Hall–Kier alpha value is -2.73. The van der Waals surface area contributed by atoms with Gasteiger partial charge in [-0.15, -0.1) is 0 Å². The summed E-state index contributed by atoms with van der Waals surface area (Å²) in [5.74, 6) is -3.97. The molecule has 1 heterocycles. The maximum absolute atomic E-state index is 11.6. The van der Waals surface area contributed by atoms with Gasteiger partial charge in [0.05, 0.1) is 0 Å². The Kier molecular flexibility index (Phi) is 8.98. The third-order valence-corrected chi connectivity index (χ3v) is 3.59. The van der Waals surface area contributed by atoms with Gasteiger partial charge in [-0.25, -0.2) is 0 Å². The van der Waals surface area contributed by atoms with Crippen LogP contribution >= 0.6 is 0 Å². The molecule has 1 rings (SSSR count). The molecule has 0 spiro atoms. The largest absolute Gasteiger partial charge is 0.462 e. The molecule has 6 atom stereocenters. The van der Waals surface area contributed by atoms with Gasteiger partial charge >= 0.3 is 29.8 Å². The van der Waals surface area contributed by atoms with Crippen LogP contribution in [0.5, 0.6) is 0 Å². The molecule has 0 aromatic carbocycles. The van der Waals surface area contributed by atoms with E-state index in [9.17, 15) is 29.1 Å². The highest BCUT2D eigenvalue weighted by Gasteiger charge is 2.54. The van der Waals surface area contributed by atoms with Crippen LogP contribution in [0.3, 0.4) is 0 Å². The first-order chi connectivity index (χ1) is 13.4. The van der Waals surface area contributed by atoms with Gasteiger partial charge in [-0.3, -0.25) is 24.0 Å². The quantitative estimate of drug-likeness (QED) is 0.395. The van der Waals surface area contributed by atoms with Gasteiger partial charge in [0.25, 0.3) is 0 Å². The first-order valence-corrected chi connectivity index (χ1v) is 8.58. The molecule has 1 N–H and O–H groups in total. The van der Waals surface area contributed by atoms with Gasteiger partial charge in [0.15, 0.2) is 30.7 Å². The Bertz CT molecular complexity index is 644. The number of esters is 5. The highest BCUT2D eigenvalue weighted by Crippen LogP contribution is 2.30. The van der Waals surface area contributed by atoms with Gasteiger partial charge in [0.1, 0.15) is 12.7 Å². The lowest BCUT2D eigenvalue weighted by Crippen LogP contribution is -2.64. The van der Waals surface area contributed by atoms with Crippen molar-refractivity contribution in [3.8, 4) is 0 Å². The van der Waals surface area contributed by atoms with Gasteiger partial charge in [-0.2, -0.15) is 0 Å². The lowest BCUT2D eigenvalue weighted by Gasteiger charge is -2.44. The summed E-state index contributed by atoms with van der Waals surface area (Å²) in [4.78, 5) is 57.2. The lowest BCUT2D eigenvalue weighted by atomic mass is 9.94. The summed E-state index contributed by atoms with van der Waals surface area (Å²) >= 11 is 0. The number of carbonyl (C=O) groups is 5. The fraction of sp³-hybridized carbons (Fsp3) is 0.706. The zero-order valence-electron chi connectivity index (χ0n) is 16.6. The van der Waals surface area contributed by atoms with E-state index in [4.69, 9.17) is 28.4 Å². The predicted octanol–water partition coefficient (Wildman–Crippen LogP) is -1.01. The minimum absolute atomic E-state index is 0.505. The van der Waals surface area contributed by atoms with Crippen molar-refractivity contribution in [3.63, 3.8) is 0 Å². The van der Waals surface area contributed by atoms with E-state index in [1.807, 2.05) is 0 Å². The van der Waals surface area contributed by atoms with E-state index < -0.39 is 73.3 Å². The molecule has 12 nitrogen and oxygen atoms in total. The van der Waals surface area contributed by atoms with Crippen molar-refractivity contribution in [1.82, 2.24) is 0 Å². The highest BCUT2D eigenvalue weighted by molar-refractivity contribution is 5.69. The van der Waals surface area contributed by atoms with Crippen molar-refractivity contribution >= 4 is 29.8 Å². The molecule has 164 valence electrons. The average Bonchev–Trinajstić information content (AvgIpc) is 2.55. The number of hydrogen-bond donors (Lipinski definition) is 1. The van der Waals surface area contributed by atoms with Gasteiger partial charge in [-0.05, 0) is 0 Å². The summed E-state index contributed by atoms with van der Waals surface area (Å²) in [6.07, 6.45) is -9.10. The van der Waals surface area contributed by atoms with Crippen molar-refractivity contribution in [2.45, 2.75) is 71.4 Å². The van der Waals surface area contributed by atoms with Crippen LogP contribution in [0, 0.1) is 0 Å². The van der Waals surface area contributed by atoms with Crippen molar-refractivity contribution in [2.24, 2.45) is 0 Å². The number of aliphatic hydroxyl groups excluding tert-OH is 1. The fourth-order valence-corrected chi connectivity index (χ4v) is 2.73. The van der Waals surface area contributed by atoms with Crippen molar-refractivity contribution in [3.05, 3.63) is 0 Å². The van der Waals surface area contributed by atoms with Crippen LogP contribution < -0.4 is 0 Å². The summed E-state index contributed by atoms with van der Waals surface area (Å²) in [7, 11) is 0. The van der Waals surface area contributed by atoms with Crippen LogP contribution in [0.4, 0.5) is 0 Å². The molecule has 0 amide bonds. The number of carbonyl (C=O) groups excluding carboxylic acids is 5. The summed E-state index contributed by atoms with van der Waals surface area (Å²) < 4.78 is 30.5. The maximum atomic E-state index is 11.6. The van der Waals surface area contributed by atoms with Crippen LogP contribution in [0.25, 0.3) is 0 Å². The van der Waals surface area contributed by atoms with Gasteiger partial charge in [0, 0.05) is 34.6 Å². The van der Waals surface area contributed by atoms with E-state index in [-0.39, 0.29) is 0 Å². The van der Waals surface area contributed by atoms with Crippen LogP contribution in [0.15, 0.2) is 0 Å². The second-order valence-corrected chi connectivity index (χ2v) is 6.16. The van der Waals surface area contributed by atoms with Crippen molar-refractivity contribution in [2.75, 3.05) is 6.61 Å².